The van der Waals surface area contributed by atoms with Gasteiger partial charge >= 0.3 is 0 Å². The quantitative estimate of drug-likeness (QED) is 0.324. The van der Waals surface area contributed by atoms with Crippen molar-refractivity contribution in [2.75, 3.05) is 25.0 Å². The number of aromatic nitrogens is 2. The van der Waals surface area contributed by atoms with Crippen LogP contribution >= 0.6 is 0 Å². The second-order valence-electron chi connectivity index (χ2n) is 8.18. The number of carbonyl (C=O) groups excluding carboxylic acids is 1. The third-order valence-corrected chi connectivity index (χ3v) is 7.58. The number of para-hydroxylation sites is 1. The number of hydrogen-bond acceptors (Lipinski definition) is 7. The first kappa shape index (κ1) is 24.9. The summed E-state index contributed by atoms with van der Waals surface area (Å²) in [6.07, 6.45) is -0.809. The topological polar surface area (TPSA) is 136 Å². The summed E-state index contributed by atoms with van der Waals surface area (Å²) in [5.74, 6) is -2.27. The first-order valence-corrected chi connectivity index (χ1v) is 12.3. The Bertz CT molecular complexity index is 1330. The number of anilines is 1. The molecule has 4 rings (SSSR count). The lowest BCUT2D eigenvalue weighted by Crippen LogP contribution is -2.36. The van der Waals surface area contributed by atoms with E-state index in [1.54, 1.807) is 24.3 Å². The van der Waals surface area contributed by atoms with Crippen molar-refractivity contribution in [3.63, 3.8) is 0 Å². The normalized spacial score (nSPS) is 15.0. The predicted octanol–water partition coefficient (Wildman–Crippen LogP) is 1.63. The van der Waals surface area contributed by atoms with Gasteiger partial charge < -0.3 is 15.5 Å². The van der Waals surface area contributed by atoms with Gasteiger partial charge in [-0.2, -0.15) is 9.40 Å². The molecular weight excluding hydrogens is 482 g/mol. The fraction of sp³-hybridized carbons (Fsp3) is 0.304. The summed E-state index contributed by atoms with van der Waals surface area (Å²) in [4.78, 5) is 12.6. The van der Waals surface area contributed by atoms with Gasteiger partial charge in [0.05, 0.1) is 29.7 Å². The standard InChI is InChI=1S/C23H24F2N4O5S/c24-14-7-15(25)9-17(8-14)35(33,34)29-6-5-21-19(12-29)22(28-27-21)10-23(32)18-3-1-2-4-20(18)26-11-16(31)13-30/h1-4,7-9,16,26,30-31H,5-6,10-13H2,(H,27,28). The van der Waals surface area contributed by atoms with Gasteiger partial charge in [-0.25, -0.2) is 17.2 Å². The van der Waals surface area contributed by atoms with Gasteiger partial charge in [0, 0.05) is 54.6 Å². The Morgan fingerprint density at radius 1 is 1.20 bits per heavy atom. The molecule has 0 aliphatic carbocycles. The summed E-state index contributed by atoms with van der Waals surface area (Å²) < 4.78 is 54.4. The monoisotopic (exact) mass is 506 g/mol. The van der Waals surface area contributed by atoms with Crippen molar-refractivity contribution in [3.05, 3.63) is 76.6 Å². The molecule has 0 spiro atoms. The van der Waals surface area contributed by atoms with E-state index in [-0.39, 0.29) is 31.8 Å². The van der Waals surface area contributed by atoms with Crippen LogP contribution in [-0.4, -0.2) is 64.7 Å². The first-order valence-electron chi connectivity index (χ1n) is 10.8. The van der Waals surface area contributed by atoms with Crippen molar-refractivity contribution in [3.8, 4) is 0 Å². The summed E-state index contributed by atoms with van der Waals surface area (Å²) in [6, 6.07) is 8.83. The fourth-order valence-electron chi connectivity index (χ4n) is 3.93. The molecule has 1 unspecified atom stereocenters. The molecule has 0 fully saturated rings. The van der Waals surface area contributed by atoms with Crippen LogP contribution in [0.15, 0.2) is 47.4 Å². The number of fused-ring (bicyclic) bond motifs is 1. The fourth-order valence-corrected chi connectivity index (χ4v) is 5.38. The van der Waals surface area contributed by atoms with Crippen molar-refractivity contribution in [2.24, 2.45) is 0 Å². The van der Waals surface area contributed by atoms with Crippen molar-refractivity contribution in [2.45, 2.75) is 30.4 Å². The van der Waals surface area contributed by atoms with E-state index < -0.39 is 39.3 Å². The molecule has 0 amide bonds. The highest BCUT2D eigenvalue weighted by molar-refractivity contribution is 7.89. The zero-order chi connectivity index (χ0) is 25.2. The molecule has 1 aromatic heterocycles. The van der Waals surface area contributed by atoms with Gasteiger partial charge in [-0.3, -0.25) is 9.89 Å². The number of aromatic amines is 1. The lowest BCUT2D eigenvalue weighted by atomic mass is 10.00. The molecule has 1 aliphatic rings. The van der Waals surface area contributed by atoms with Crippen molar-refractivity contribution >= 4 is 21.5 Å². The van der Waals surface area contributed by atoms with E-state index in [4.69, 9.17) is 5.11 Å². The number of sulfonamides is 1. The van der Waals surface area contributed by atoms with Gasteiger partial charge in [0.25, 0.3) is 0 Å². The zero-order valence-corrected chi connectivity index (χ0v) is 19.4. The number of carbonyl (C=O) groups is 1. The minimum Gasteiger partial charge on any atom is -0.394 e. The highest BCUT2D eigenvalue weighted by atomic mass is 32.2. The number of aliphatic hydroxyl groups is 2. The number of Topliss-reactive ketones (excluding diaryl/α,β-unsaturated/α-hetero) is 1. The van der Waals surface area contributed by atoms with Gasteiger partial charge in [-0.15, -0.1) is 0 Å². The molecule has 0 saturated heterocycles. The van der Waals surface area contributed by atoms with Crippen LogP contribution in [0.4, 0.5) is 14.5 Å². The van der Waals surface area contributed by atoms with Crippen LogP contribution in [0.5, 0.6) is 0 Å². The lowest BCUT2D eigenvalue weighted by molar-refractivity contribution is 0.0990. The van der Waals surface area contributed by atoms with Crippen LogP contribution in [0.3, 0.4) is 0 Å². The average Bonchev–Trinajstić information content (AvgIpc) is 3.24. The number of ketones is 1. The van der Waals surface area contributed by atoms with Crippen molar-refractivity contribution < 1.29 is 32.2 Å². The SMILES string of the molecule is O=C(Cc1n[nH]c2c1CN(S(=O)(=O)c1cc(F)cc(F)c1)CC2)c1ccccc1NCC(O)CO. The number of aliphatic hydroxyl groups excluding tert-OH is 2. The Hall–Kier alpha value is -3.19. The highest BCUT2D eigenvalue weighted by Crippen LogP contribution is 2.28. The van der Waals surface area contributed by atoms with Crippen LogP contribution < -0.4 is 5.32 Å². The molecule has 0 saturated carbocycles. The Kier molecular flexibility index (Phi) is 7.26. The average molecular weight is 507 g/mol. The van der Waals surface area contributed by atoms with E-state index in [0.29, 0.717) is 40.7 Å². The summed E-state index contributed by atoms with van der Waals surface area (Å²) in [7, 11) is -4.18. The van der Waals surface area contributed by atoms with E-state index in [0.717, 1.165) is 16.4 Å². The van der Waals surface area contributed by atoms with Gasteiger partial charge in [-0.1, -0.05) is 12.1 Å². The van der Waals surface area contributed by atoms with Gasteiger partial charge in [-0.05, 0) is 24.3 Å². The number of rotatable bonds is 9. The number of nitrogens with one attached hydrogen (secondary N) is 2. The summed E-state index contributed by atoms with van der Waals surface area (Å²) in [6.45, 7) is -0.392. The highest BCUT2D eigenvalue weighted by Gasteiger charge is 2.32. The van der Waals surface area contributed by atoms with Crippen LogP contribution in [0, 0.1) is 11.6 Å². The summed E-state index contributed by atoms with van der Waals surface area (Å²) in [5.41, 5.74) is 2.45. The molecule has 4 N–H and O–H groups in total. The predicted molar refractivity (Wildman–Crippen MR) is 122 cm³/mol. The molecule has 1 atom stereocenters. The second-order valence-corrected chi connectivity index (χ2v) is 10.1. The van der Waals surface area contributed by atoms with Crippen LogP contribution in [0.25, 0.3) is 0 Å². The molecule has 186 valence electrons. The van der Waals surface area contributed by atoms with E-state index in [2.05, 4.69) is 15.5 Å². The maximum Gasteiger partial charge on any atom is 0.243 e. The molecule has 0 bridgehead atoms. The largest absolute Gasteiger partial charge is 0.394 e. The minimum absolute atomic E-state index is 0.0477. The zero-order valence-electron chi connectivity index (χ0n) is 18.5. The molecule has 35 heavy (non-hydrogen) atoms. The number of nitrogens with zero attached hydrogens (tertiary/aromatic N) is 2. The molecule has 2 aromatic carbocycles. The van der Waals surface area contributed by atoms with Gasteiger partial charge in [0.15, 0.2) is 5.78 Å². The number of halogens is 2. The third-order valence-electron chi connectivity index (χ3n) is 5.75. The molecule has 9 nitrogen and oxygen atoms in total. The Morgan fingerprint density at radius 2 is 1.91 bits per heavy atom. The van der Waals surface area contributed by atoms with Crippen LogP contribution in [-0.2, 0) is 29.4 Å². The maximum absolute atomic E-state index is 13.6. The Balaban J connectivity index is 1.54. The molecule has 3 aromatic rings. The minimum atomic E-state index is -4.18. The van der Waals surface area contributed by atoms with Gasteiger partial charge in [0.2, 0.25) is 10.0 Å². The second kappa shape index (κ2) is 10.2. The number of benzene rings is 2. The Labute approximate surface area is 200 Å². The smallest absolute Gasteiger partial charge is 0.243 e. The maximum atomic E-state index is 13.6. The lowest BCUT2D eigenvalue weighted by Gasteiger charge is -2.26. The molecular formula is C23H24F2N4O5S. The van der Waals surface area contributed by atoms with E-state index >= 15 is 0 Å². The number of hydrogen-bond donors (Lipinski definition) is 4. The van der Waals surface area contributed by atoms with Crippen LogP contribution in [0.1, 0.15) is 27.3 Å². The van der Waals surface area contributed by atoms with E-state index in [1.165, 1.54) is 0 Å². The first-order chi connectivity index (χ1) is 16.7. The van der Waals surface area contributed by atoms with Crippen molar-refractivity contribution in [1.82, 2.24) is 14.5 Å². The summed E-state index contributed by atoms with van der Waals surface area (Å²) >= 11 is 0. The van der Waals surface area contributed by atoms with Crippen molar-refractivity contribution in [1.29, 1.82) is 0 Å². The van der Waals surface area contributed by atoms with E-state index in [1.807, 2.05) is 0 Å². The number of H-pyrrole nitrogens is 1. The summed E-state index contributed by atoms with van der Waals surface area (Å²) in [5, 5.41) is 28.6. The van der Waals surface area contributed by atoms with Gasteiger partial charge in [0.1, 0.15) is 11.6 Å². The molecule has 1 aliphatic heterocycles. The molecule has 0 radical (unpaired) electrons. The third kappa shape index (κ3) is 5.40. The van der Waals surface area contributed by atoms with E-state index in [9.17, 15) is 27.1 Å². The van der Waals surface area contributed by atoms with Crippen LogP contribution in [0.2, 0.25) is 0 Å². The molecule has 12 heteroatoms. The Morgan fingerprint density at radius 3 is 2.63 bits per heavy atom. The molecule has 2 heterocycles.